The average molecular weight is 156 g/mol. The van der Waals surface area contributed by atoms with Gasteiger partial charge in [-0.15, -0.1) is 6.58 Å². The third-order valence-corrected chi connectivity index (χ3v) is 1.17. The lowest BCUT2D eigenvalue weighted by Crippen LogP contribution is -2.14. The zero-order valence-electron chi connectivity index (χ0n) is 6.63. The number of carbonyl (C=O) groups is 2. The number of methoxy groups -OCH3 is 1. The Labute approximate surface area is 66.0 Å². The summed E-state index contributed by atoms with van der Waals surface area (Å²) in [5.74, 6) is -0.774. The summed E-state index contributed by atoms with van der Waals surface area (Å²) >= 11 is 0. The molecule has 0 saturated carbocycles. The zero-order valence-corrected chi connectivity index (χ0v) is 6.63. The van der Waals surface area contributed by atoms with E-state index in [1.165, 1.54) is 13.2 Å². The maximum Gasteiger partial charge on any atom is 0.202 e. The fourth-order valence-electron chi connectivity index (χ4n) is 0.579. The molecule has 0 unspecified atom stereocenters. The molecule has 62 valence electrons. The molecule has 0 heterocycles. The molecule has 11 heavy (non-hydrogen) atoms. The van der Waals surface area contributed by atoms with Crippen LogP contribution in [0.15, 0.2) is 12.7 Å². The van der Waals surface area contributed by atoms with Crippen molar-refractivity contribution in [2.75, 3.05) is 13.7 Å². The molecule has 0 aromatic carbocycles. The van der Waals surface area contributed by atoms with Crippen molar-refractivity contribution in [2.45, 2.75) is 12.8 Å². The highest BCUT2D eigenvalue weighted by Crippen LogP contribution is 1.91. The number of Topliss-reactive ketones (excluding diaryl/α,β-unsaturated/α-hetero) is 2. The number of rotatable bonds is 6. The molecule has 0 spiro atoms. The van der Waals surface area contributed by atoms with Crippen LogP contribution in [0.5, 0.6) is 0 Å². The van der Waals surface area contributed by atoms with Gasteiger partial charge in [0.15, 0.2) is 0 Å². The van der Waals surface area contributed by atoms with Crippen LogP contribution in [0, 0.1) is 0 Å². The van der Waals surface area contributed by atoms with E-state index in [9.17, 15) is 9.59 Å². The van der Waals surface area contributed by atoms with E-state index in [1.54, 1.807) is 0 Å². The monoisotopic (exact) mass is 156 g/mol. The van der Waals surface area contributed by atoms with Crippen LogP contribution in [0.3, 0.4) is 0 Å². The summed E-state index contributed by atoms with van der Waals surface area (Å²) in [4.78, 5) is 21.6. The minimum Gasteiger partial charge on any atom is -0.384 e. The first kappa shape index (κ1) is 10.0. The highest BCUT2D eigenvalue weighted by atomic mass is 16.5. The third kappa shape index (κ3) is 4.44. The summed E-state index contributed by atoms with van der Waals surface area (Å²) in [5, 5.41) is 0. The zero-order chi connectivity index (χ0) is 8.69. The van der Waals surface area contributed by atoms with Crippen molar-refractivity contribution in [2.24, 2.45) is 0 Å². The van der Waals surface area contributed by atoms with Crippen molar-refractivity contribution in [3.63, 3.8) is 0 Å². The van der Waals surface area contributed by atoms with Gasteiger partial charge in [0.2, 0.25) is 11.6 Å². The van der Waals surface area contributed by atoms with Crippen LogP contribution in [0.4, 0.5) is 0 Å². The first-order valence-electron chi connectivity index (χ1n) is 3.38. The number of ether oxygens (including phenoxy) is 1. The van der Waals surface area contributed by atoms with Gasteiger partial charge in [-0.3, -0.25) is 9.59 Å². The fraction of sp³-hybridized carbons (Fsp3) is 0.500. The Morgan fingerprint density at radius 3 is 2.55 bits per heavy atom. The molecule has 0 bridgehead atoms. The SMILES string of the molecule is C=CCC(=O)C(=O)CCOC. The van der Waals surface area contributed by atoms with Gasteiger partial charge in [-0.2, -0.15) is 0 Å². The van der Waals surface area contributed by atoms with Crippen LogP contribution >= 0.6 is 0 Å². The van der Waals surface area contributed by atoms with Crippen molar-refractivity contribution in [1.82, 2.24) is 0 Å². The molecule has 0 rings (SSSR count). The lowest BCUT2D eigenvalue weighted by Gasteiger charge is -1.95. The molecule has 3 heteroatoms. The summed E-state index contributed by atoms with van der Waals surface area (Å²) in [6.45, 7) is 3.67. The van der Waals surface area contributed by atoms with E-state index in [-0.39, 0.29) is 18.6 Å². The van der Waals surface area contributed by atoms with Gasteiger partial charge in [0, 0.05) is 20.0 Å². The van der Waals surface area contributed by atoms with Gasteiger partial charge >= 0.3 is 0 Å². The highest BCUT2D eigenvalue weighted by Gasteiger charge is 2.10. The van der Waals surface area contributed by atoms with Crippen LogP contribution < -0.4 is 0 Å². The number of carbonyl (C=O) groups excluding carboxylic acids is 2. The Balaban J connectivity index is 3.64. The smallest absolute Gasteiger partial charge is 0.202 e. The van der Waals surface area contributed by atoms with E-state index in [4.69, 9.17) is 0 Å². The number of hydrogen-bond donors (Lipinski definition) is 0. The quantitative estimate of drug-likeness (QED) is 0.420. The number of hydrogen-bond acceptors (Lipinski definition) is 3. The summed E-state index contributed by atoms with van der Waals surface area (Å²) < 4.78 is 4.64. The predicted molar refractivity (Wildman–Crippen MR) is 41.3 cm³/mol. The van der Waals surface area contributed by atoms with E-state index >= 15 is 0 Å². The molecular weight excluding hydrogens is 144 g/mol. The van der Waals surface area contributed by atoms with E-state index in [0.29, 0.717) is 6.61 Å². The molecule has 0 aliphatic rings. The molecule has 0 N–H and O–H groups in total. The van der Waals surface area contributed by atoms with Crippen LogP contribution in [-0.4, -0.2) is 25.3 Å². The fourth-order valence-corrected chi connectivity index (χ4v) is 0.579. The van der Waals surface area contributed by atoms with Crippen molar-refractivity contribution < 1.29 is 14.3 Å². The van der Waals surface area contributed by atoms with Gasteiger partial charge in [-0.25, -0.2) is 0 Å². The molecule has 0 aliphatic heterocycles. The highest BCUT2D eigenvalue weighted by molar-refractivity contribution is 6.37. The normalized spacial score (nSPS) is 9.18. The minimum absolute atomic E-state index is 0.128. The topological polar surface area (TPSA) is 43.4 Å². The maximum atomic E-state index is 10.8. The predicted octanol–water partition coefficient (Wildman–Crippen LogP) is 0.737. The lowest BCUT2D eigenvalue weighted by molar-refractivity contribution is -0.136. The molecule has 0 amide bonds. The van der Waals surface area contributed by atoms with Gasteiger partial charge < -0.3 is 4.74 Å². The van der Waals surface area contributed by atoms with Crippen molar-refractivity contribution in [3.8, 4) is 0 Å². The molecule has 0 aromatic rings. The lowest BCUT2D eigenvalue weighted by atomic mass is 10.1. The first-order valence-corrected chi connectivity index (χ1v) is 3.38. The van der Waals surface area contributed by atoms with Crippen molar-refractivity contribution in [1.29, 1.82) is 0 Å². The average Bonchev–Trinajstić information content (AvgIpc) is 2.00. The van der Waals surface area contributed by atoms with E-state index < -0.39 is 5.78 Å². The molecule has 3 nitrogen and oxygen atoms in total. The van der Waals surface area contributed by atoms with E-state index in [2.05, 4.69) is 11.3 Å². The van der Waals surface area contributed by atoms with E-state index in [1.807, 2.05) is 0 Å². The second-order valence-electron chi connectivity index (χ2n) is 2.08. The Kier molecular flexibility index (Phi) is 5.29. The molecule has 0 fully saturated rings. The van der Waals surface area contributed by atoms with Crippen molar-refractivity contribution in [3.05, 3.63) is 12.7 Å². The van der Waals surface area contributed by atoms with Gasteiger partial charge in [0.05, 0.1) is 6.61 Å². The standard InChI is InChI=1S/C8H12O3/c1-3-4-7(9)8(10)5-6-11-2/h3H,1,4-6H2,2H3. The van der Waals surface area contributed by atoms with Gasteiger partial charge in [-0.1, -0.05) is 6.08 Å². The molecule has 0 aliphatic carbocycles. The molecule has 0 radical (unpaired) electrons. The Morgan fingerprint density at radius 2 is 2.09 bits per heavy atom. The summed E-state index contributed by atoms with van der Waals surface area (Å²) in [7, 11) is 1.49. The Bertz CT molecular complexity index is 161. The van der Waals surface area contributed by atoms with Gasteiger partial charge in [0.1, 0.15) is 0 Å². The molecule has 0 saturated heterocycles. The maximum absolute atomic E-state index is 10.8. The van der Waals surface area contributed by atoms with Crippen LogP contribution in [0.1, 0.15) is 12.8 Å². The molecule has 0 aromatic heterocycles. The summed E-state index contributed by atoms with van der Waals surface area (Å²) in [6, 6.07) is 0. The van der Waals surface area contributed by atoms with Crippen molar-refractivity contribution >= 4 is 11.6 Å². The summed E-state index contributed by atoms with van der Waals surface area (Å²) in [6.07, 6.45) is 1.72. The Hall–Kier alpha value is -0.960. The summed E-state index contributed by atoms with van der Waals surface area (Å²) in [5.41, 5.74) is 0. The second-order valence-corrected chi connectivity index (χ2v) is 2.08. The number of ketones is 2. The van der Waals surface area contributed by atoms with Crippen LogP contribution in [-0.2, 0) is 14.3 Å². The third-order valence-electron chi connectivity index (χ3n) is 1.17. The molecular formula is C8H12O3. The Morgan fingerprint density at radius 1 is 1.45 bits per heavy atom. The van der Waals surface area contributed by atoms with Crippen LogP contribution in [0.25, 0.3) is 0 Å². The van der Waals surface area contributed by atoms with Crippen LogP contribution in [0.2, 0.25) is 0 Å². The van der Waals surface area contributed by atoms with E-state index in [0.717, 1.165) is 0 Å². The minimum atomic E-state index is -0.392. The number of allylic oxidation sites excluding steroid dienone is 1. The second kappa shape index (κ2) is 5.80. The van der Waals surface area contributed by atoms with Gasteiger partial charge in [0.25, 0.3) is 0 Å². The largest absolute Gasteiger partial charge is 0.384 e. The van der Waals surface area contributed by atoms with Gasteiger partial charge in [-0.05, 0) is 0 Å². The molecule has 0 atom stereocenters. The first-order chi connectivity index (χ1) is 5.22.